The molecule has 8 nitrogen and oxygen atoms in total. The SMILES string of the molecule is COC(=O)c1cc([N+](=O)[O-])cc(C(O)C(O)CCO)c1C. The highest BCUT2D eigenvalue weighted by Crippen LogP contribution is 2.29. The van der Waals surface area contributed by atoms with Crippen LogP contribution in [0.2, 0.25) is 0 Å². The van der Waals surface area contributed by atoms with Gasteiger partial charge >= 0.3 is 5.97 Å². The minimum Gasteiger partial charge on any atom is -0.465 e. The first-order valence-corrected chi connectivity index (χ1v) is 6.17. The molecule has 3 N–H and O–H groups in total. The summed E-state index contributed by atoms with van der Waals surface area (Å²) in [6, 6.07) is 2.14. The van der Waals surface area contributed by atoms with E-state index in [0.29, 0.717) is 0 Å². The molecule has 0 heterocycles. The molecule has 0 radical (unpaired) electrons. The standard InChI is InChI=1S/C13H17NO7/c1-7-9(12(17)11(16)3-4-15)5-8(14(19)20)6-10(7)13(18)21-2/h5-6,11-12,15-17H,3-4H2,1-2H3. The first-order valence-electron chi connectivity index (χ1n) is 6.17. The molecule has 0 aliphatic rings. The zero-order chi connectivity index (χ0) is 16.2. The molecular formula is C13H17NO7. The Morgan fingerprint density at radius 2 is 2.05 bits per heavy atom. The number of rotatable bonds is 6. The van der Waals surface area contributed by atoms with Crippen molar-refractivity contribution in [1.82, 2.24) is 0 Å². The molecular weight excluding hydrogens is 282 g/mol. The highest BCUT2D eigenvalue weighted by Gasteiger charge is 2.26. The van der Waals surface area contributed by atoms with E-state index in [2.05, 4.69) is 4.74 Å². The average Bonchev–Trinajstić information content (AvgIpc) is 2.45. The van der Waals surface area contributed by atoms with Gasteiger partial charge in [0.2, 0.25) is 0 Å². The molecule has 0 aliphatic heterocycles. The van der Waals surface area contributed by atoms with E-state index in [0.717, 1.165) is 19.2 Å². The van der Waals surface area contributed by atoms with E-state index < -0.39 is 28.8 Å². The van der Waals surface area contributed by atoms with Crippen molar-refractivity contribution in [2.45, 2.75) is 25.6 Å². The topological polar surface area (TPSA) is 130 Å². The zero-order valence-electron chi connectivity index (χ0n) is 11.6. The Bertz CT molecular complexity index is 544. The van der Waals surface area contributed by atoms with Gasteiger partial charge in [0, 0.05) is 18.7 Å². The second kappa shape index (κ2) is 7.11. The van der Waals surface area contributed by atoms with E-state index in [-0.39, 0.29) is 29.7 Å². The van der Waals surface area contributed by atoms with Crippen LogP contribution in [-0.2, 0) is 4.74 Å². The molecule has 2 atom stereocenters. The molecule has 0 aromatic heterocycles. The van der Waals surface area contributed by atoms with Crippen molar-refractivity contribution >= 4 is 11.7 Å². The molecule has 1 aromatic rings. The summed E-state index contributed by atoms with van der Waals surface area (Å²) in [6.45, 7) is 1.14. The molecule has 0 spiro atoms. The number of esters is 1. The number of hydrogen-bond acceptors (Lipinski definition) is 7. The summed E-state index contributed by atoms with van der Waals surface area (Å²) in [5, 5.41) is 39.5. The second-order valence-electron chi connectivity index (χ2n) is 4.48. The van der Waals surface area contributed by atoms with E-state index in [1.807, 2.05) is 0 Å². The number of hydrogen-bond donors (Lipinski definition) is 3. The van der Waals surface area contributed by atoms with Gasteiger partial charge in [-0.25, -0.2) is 4.79 Å². The van der Waals surface area contributed by atoms with Crippen molar-refractivity contribution in [3.8, 4) is 0 Å². The van der Waals surface area contributed by atoms with E-state index >= 15 is 0 Å². The van der Waals surface area contributed by atoms with Gasteiger partial charge in [-0.05, 0) is 24.5 Å². The van der Waals surface area contributed by atoms with Crippen LogP contribution in [0.15, 0.2) is 12.1 Å². The van der Waals surface area contributed by atoms with E-state index in [1.54, 1.807) is 0 Å². The van der Waals surface area contributed by atoms with E-state index in [9.17, 15) is 25.1 Å². The number of nitro benzene ring substituents is 1. The van der Waals surface area contributed by atoms with Gasteiger partial charge < -0.3 is 20.1 Å². The first-order chi connectivity index (χ1) is 9.83. The van der Waals surface area contributed by atoms with Gasteiger partial charge in [-0.2, -0.15) is 0 Å². The molecule has 2 unspecified atom stereocenters. The Hall–Kier alpha value is -2.03. The number of non-ortho nitro benzene ring substituents is 1. The molecule has 21 heavy (non-hydrogen) atoms. The summed E-state index contributed by atoms with van der Waals surface area (Å²) in [5.41, 5.74) is -0.134. The molecule has 0 saturated heterocycles. The highest BCUT2D eigenvalue weighted by atomic mass is 16.6. The summed E-state index contributed by atoms with van der Waals surface area (Å²) in [4.78, 5) is 21.9. The van der Waals surface area contributed by atoms with Gasteiger partial charge in [0.1, 0.15) is 6.10 Å². The lowest BCUT2D eigenvalue weighted by atomic mass is 9.93. The van der Waals surface area contributed by atoms with Crippen LogP contribution in [0, 0.1) is 17.0 Å². The third kappa shape index (κ3) is 3.75. The van der Waals surface area contributed by atoms with Gasteiger partial charge in [0.05, 0.1) is 23.7 Å². The molecule has 0 amide bonds. The van der Waals surface area contributed by atoms with Crippen molar-refractivity contribution in [1.29, 1.82) is 0 Å². The van der Waals surface area contributed by atoms with Crippen molar-refractivity contribution < 1.29 is 29.8 Å². The van der Waals surface area contributed by atoms with Gasteiger partial charge in [-0.15, -0.1) is 0 Å². The van der Waals surface area contributed by atoms with Gasteiger partial charge in [-0.3, -0.25) is 10.1 Å². The number of carbonyl (C=O) groups excluding carboxylic acids is 1. The van der Waals surface area contributed by atoms with E-state index in [1.165, 1.54) is 6.92 Å². The minimum absolute atomic E-state index is 0.0468. The fourth-order valence-electron chi connectivity index (χ4n) is 1.95. The lowest BCUT2D eigenvalue weighted by Gasteiger charge is -2.20. The molecule has 116 valence electrons. The molecule has 0 bridgehead atoms. The minimum atomic E-state index is -1.46. The first kappa shape index (κ1) is 17.0. The molecule has 0 saturated carbocycles. The molecule has 0 aliphatic carbocycles. The quantitative estimate of drug-likeness (QED) is 0.395. The Balaban J connectivity index is 3.39. The van der Waals surface area contributed by atoms with Crippen molar-refractivity contribution in [3.05, 3.63) is 38.9 Å². The number of aliphatic hydroxyl groups excluding tert-OH is 3. The lowest BCUT2D eigenvalue weighted by Crippen LogP contribution is -2.21. The van der Waals surface area contributed by atoms with Gasteiger partial charge in [0.25, 0.3) is 5.69 Å². The van der Waals surface area contributed by atoms with Crippen LogP contribution in [0.5, 0.6) is 0 Å². The fourth-order valence-corrected chi connectivity index (χ4v) is 1.95. The summed E-state index contributed by atoms with van der Waals surface area (Å²) < 4.78 is 4.55. The second-order valence-corrected chi connectivity index (χ2v) is 4.48. The molecule has 8 heteroatoms. The Morgan fingerprint density at radius 1 is 1.43 bits per heavy atom. The van der Waals surface area contributed by atoms with Crippen LogP contribution in [0.25, 0.3) is 0 Å². The van der Waals surface area contributed by atoms with Crippen molar-refractivity contribution in [2.75, 3.05) is 13.7 Å². The lowest BCUT2D eigenvalue weighted by molar-refractivity contribution is -0.385. The smallest absolute Gasteiger partial charge is 0.338 e. The third-order valence-corrected chi connectivity index (χ3v) is 3.16. The summed E-state index contributed by atoms with van der Waals surface area (Å²) in [5.74, 6) is -0.777. The molecule has 1 aromatic carbocycles. The number of benzene rings is 1. The Morgan fingerprint density at radius 3 is 2.52 bits per heavy atom. The van der Waals surface area contributed by atoms with Crippen LogP contribution in [0.4, 0.5) is 5.69 Å². The van der Waals surface area contributed by atoms with Crippen LogP contribution < -0.4 is 0 Å². The van der Waals surface area contributed by atoms with Crippen LogP contribution >= 0.6 is 0 Å². The van der Waals surface area contributed by atoms with Crippen molar-refractivity contribution in [2.24, 2.45) is 0 Å². The predicted molar refractivity (Wildman–Crippen MR) is 71.8 cm³/mol. The summed E-state index contributed by atoms with van der Waals surface area (Å²) in [6.07, 6.45) is -2.86. The third-order valence-electron chi connectivity index (χ3n) is 3.16. The summed E-state index contributed by atoms with van der Waals surface area (Å²) in [7, 11) is 1.14. The number of methoxy groups -OCH3 is 1. The molecule has 0 fully saturated rings. The maximum Gasteiger partial charge on any atom is 0.338 e. The van der Waals surface area contributed by atoms with Crippen LogP contribution in [0.3, 0.4) is 0 Å². The Labute approximate surface area is 120 Å². The average molecular weight is 299 g/mol. The summed E-state index contributed by atoms with van der Waals surface area (Å²) >= 11 is 0. The monoisotopic (exact) mass is 299 g/mol. The normalized spacial score (nSPS) is 13.6. The van der Waals surface area contributed by atoms with Crippen LogP contribution in [0.1, 0.15) is 34.0 Å². The fraction of sp³-hybridized carbons (Fsp3) is 0.462. The van der Waals surface area contributed by atoms with Gasteiger partial charge in [0.15, 0.2) is 0 Å². The largest absolute Gasteiger partial charge is 0.465 e. The maximum atomic E-state index is 11.7. The number of carbonyl (C=O) groups is 1. The highest BCUT2D eigenvalue weighted by molar-refractivity contribution is 5.92. The van der Waals surface area contributed by atoms with Crippen LogP contribution in [-0.4, -0.2) is 46.0 Å². The predicted octanol–water partition coefficient (Wildman–Crippen LogP) is 0.467. The number of nitro groups is 1. The van der Waals surface area contributed by atoms with E-state index in [4.69, 9.17) is 5.11 Å². The Kier molecular flexibility index (Phi) is 5.77. The molecule has 1 rings (SSSR count). The number of aliphatic hydroxyl groups is 3. The maximum absolute atomic E-state index is 11.7. The number of nitrogens with zero attached hydrogens (tertiary/aromatic N) is 1. The zero-order valence-corrected chi connectivity index (χ0v) is 11.6. The number of ether oxygens (including phenoxy) is 1. The van der Waals surface area contributed by atoms with Gasteiger partial charge in [-0.1, -0.05) is 0 Å². The van der Waals surface area contributed by atoms with Crippen molar-refractivity contribution in [3.63, 3.8) is 0 Å².